The molecule has 0 radical (unpaired) electrons. The van der Waals surface area contributed by atoms with Crippen molar-refractivity contribution in [2.75, 3.05) is 20.3 Å². The number of nitrogens with one attached hydrogen (secondary N) is 1. The molecule has 0 aromatic heterocycles. The summed E-state index contributed by atoms with van der Waals surface area (Å²) in [6.45, 7) is 7.28. The second-order valence-corrected chi connectivity index (χ2v) is 8.35. The molecule has 1 heterocycles. The molecule has 0 aliphatic carbocycles. The molecule has 1 aliphatic rings. The van der Waals surface area contributed by atoms with Crippen LogP contribution in [-0.2, 0) is 21.4 Å². The predicted molar refractivity (Wildman–Crippen MR) is 92.7 cm³/mol. The molecular weight excluding hydrogens is 312 g/mol. The number of benzene rings is 1. The van der Waals surface area contributed by atoms with Crippen molar-refractivity contribution in [3.05, 3.63) is 34.9 Å². The van der Waals surface area contributed by atoms with Crippen molar-refractivity contribution in [2.24, 2.45) is 0 Å². The molecule has 1 N–H and O–H groups in total. The average molecular weight is 340 g/mol. The third kappa shape index (κ3) is 5.28. The van der Waals surface area contributed by atoms with E-state index in [0.29, 0.717) is 19.6 Å². The summed E-state index contributed by atoms with van der Waals surface area (Å²) < 4.78 is 34.6. The number of hydrogen-bond donors (Lipinski definition) is 1. The van der Waals surface area contributed by atoms with E-state index in [1.165, 1.54) is 15.4 Å². The van der Waals surface area contributed by atoms with Gasteiger partial charge in [0.25, 0.3) is 10.2 Å². The van der Waals surface area contributed by atoms with Crippen LogP contribution in [0.25, 0.3) is 0 Å². The van der Waals surface area contributed by atoms with Gasteiger partial charge in [0.15, 0.2) is 0 Å². The fraction of sp³-hybridized carbons (Fsp3) is 0.647. The normalized spacial score (nSPS) is 18.3. The summed E-state index contributed by atoms with van der Waals surface area (Å²) in [4.78, 5) is 0. The van der Waals surface area contributed by atoms with Crippen molar-refractivity contribution in [1.29, 1.82) is 0 Å². The zero-order valence-electron chi connectivity index (χ0n) is 14.5. The average Bonchev–Trinajstić information content (AvgIpc) is 2.45. The first kappa shape index (κ1) is 18.4. The largest absolute Gasteiger partial charge is 0.381 e. The molecule has 130 valence electrons. The van der Waals surface area contributed by atoms with Crippen molar-refractivity contribution < 1.29 is 13.2 Å². The lowest BCUT2D eigenvalue weighted by molar-refractivity contribution is 0.0629. The van der Waals surface area contributed by atoms with Gasteiger partial charge >= 0.3 is 0 Å². The lowest BCUT2D eigenvalue weighted by Crippen LogP contribution is -2.49. The third-order valence-electron chi connectivity index (χ3n) is 4.26. The molecule has 0 spiro atoms. The molecule has 2 rings (SSSR count). The lowest BCUT2D eigenvalue weighted by Gasteiger charge is -2.31. The summed E-state index contributed by atoms with van der Waals surface area (Å²) in [6, 6.07) is 6.22. The molecular formula is C17H28N2O3S. The van der Waals surface area contributed by atoms with E-state index < -0.39 is 10.2 Å². The van der Waals surface area contributed by atoms with Crippen molar-refractivity contribution in [1.82, 2.24) is 9.03 Å². The summed E-state index contributed by atoms with van der Waals surface area (Å²) in [5, 5.41) is 0. The molecule has 0 saturated carbocycles. The standard InChI is InChI=1S/C17H28N2O3S/c1-13-9-14(2)11-16(10-13)12-15(3)18-23(20,21)19(4)17-5-7-22-8-6-17/h9-11,15,17-18H,5-8,12H2,1-4H3/t15-/m0/s1. The number of hydrogen-bond acceptors (Lipinski definition) is 3. The van der Waals surface area contributed by atoms with Gasteiger partial charge in [0.2, 0.25) is 0 Å². The van der Waals surface area contributed by atoms with Crippen LogP contribution in [0.1, 0.15) is 36.5 Å². The smallest absolute Gasteiger partial charge is 0.279 e. The molecule has 1 aromatic rings. The quantitative estimate of drug-likeness (QED) is 0.863. The molecule has 0 unspecified atom stereocenters. The van der Waals surface area contributed by atoms with E-state index in [9.17, 15) is 8.42 Å². The third-order valence-corrected chi connectivity index (χ3v) is 6.01. The Bertz CT molecular complexity index is 604. The van der Waals surface area contributed by atoms with E-state index in [2.05, 4.69) is 36.8 Å². The van der Waals surface area contributed by atoms with E-state index in [0.717, 1.165) is 18.4 Å². The van der Waals surface area contributed by atoms with Gasteiger partial charge in [-0.25, -0.2) is 0 Å². The molecule has 5 nitrogen and oxygen atoms in total. The Balaban J connectivity index is 1.98. The molecule has 1 fully saturated rings. The van der Waals surface area contributed by atoms with Crippen LogP contribution >= 0.6 is 0 Å². The van der Waals surface area contributed by atoms with Gasteiger partial charge in [0.1, 0.15) is 0 Å². The van der Waals surface area contributed by atoms with Gasteiger partial charge in [0, 0.05) is 32.3 Å². The maximum absolute atomic E-state index is 12.5. The minimum absolute atomic E-state index is 0.0228. The Labute approximate surface area is 140 Å². The number of nitrogens with zero attached hydrogens (tertiary/aromatic N) is 1. The second-order valence-electron chi connectivity index (χ2n) is 6.58. The van der Waals surface area contributed by atoms with Gasteiger partial charge in [-0.05, 0) is 45.6 Å². The molecule has 1 atom stereocenters. The van der Waals surface area contributed by atoms with Crippen molar-refractivity contribution in [3.63, 3.8) is 0 Å². The summed E-state index contributed by atoms with van der Waals surface area (Å²) in [7, 11) is -1.82. The van der Waals surface area contributed by atoms with Crippen LogP contribution in [0.15, 0.2) is 18.2 Å². The molecule has 0 amide bonds. The van der Waals surface area contributed by atoms with Gasteiger partial charge in [-0.3, -0.25) is 0 Å². The highest BCUT2D eigenvalue weighted by molar-refractivity contribution is 7.87. The SMILES string of the molecule is Cc1cc(C)cc(C[C@H](C)NS(=O)(=O)N(C)C2CCOCC2)c1. The number of aryl methyl sites for hydroxylation is 2. The molecule has 6 heteroatoms. The molecule has 1 aromatic carbocycles. The first-order chi connectivity index (χ1) is 10.8. The maximum atomic E-state index is 12.5. The number of rotatable bonds is 6. The summed E-state index contributed by atoms with van der Waals surface area (Å²) in [6.07, 6.45) is 2.19. The van der Waals surface area contributed by atoms with Crippen molar-refractivity contribution >= 4 is 10.2 Å². The highest BCUT2D eigenvalue weighted by atomic mass is 32.2. The zero-order chi connectivity index (χ0) is 17.0. The molecule has 1 aliphatic heterocycles. The van der Waals surface area contributed by atoms with Gasteiger partial charge in [-0.2, -0.15) is 17.4 Å². The van der Waals surface area contributed by atoms with E-state index in [4.69, 9.17) is 4.74 Å². The molecule has 0 bridgehead atoms. The Morgan fingerprint density at radius 1 is 1.22 bits per heavy atom. The van der Waals surface area contributed by atoms with Crippen LogP contribution in [0.4, 0.5) is 0 Å². The Hall–Kier alpha value is -0.950. The predicted octanol–water partition coefficient (Wildman–Crippen LogP) is 2.18. The molecule has 1 saturated heterocycles. The van der Waals surface area contributed by atoms with Crippen LogP contribution in [0.5, 0.6) is 0 Å². The van der Waals surface area contributed by atoms with Gasteiger partial charge < -0.3 is 4.74 Å². The Kier molecular flexibility index (Phi) is 6.19. The minimum atomic E-state index is -3.47. The van der Waals surface area contributed by atoms with Crippen LogP contribution < -0.4 is 4.72 Å². The van der Waals surface area contributed by atoms with E-state index >= 15 is 0 Å². The van der Waals surface area contributed by atoms with E-state index in [-0.39, 0.29) is 12.1 Å². The van der Waals surface area contributed by atoms with Crippen LogP contribution in [0.3, 0.4) is 0 Å². The maximum Gasteiger partial charge on any atom is 0.279 e. The Morgan fingerprint density at radius 2 is 1.78 bits per heavy atom. The van der Waals surface area contributed by atoms with Crippen LogP contribution in [0.2, 0.25) is 0 Å². The van der Waals surface area contributed by atoms with Gasteiger partial charge in [-0.15, -0.1) is 0 Å². The lowest BCUT2D eigenvalue weighted by atomic mass is 10.0. The highest BCUT2D eigenvalue weighted by Crippen LogP contribution is 2.16. The topological polar surface area (TPSA) is 58.6 Å². The van der Waals surface area contributed by atoms with Crippen LogP contribution in [0, 0.1) is 13.8 Å². The van der Waals surface area contributed by atoms with Gasteiger partial charge in [-0.1, -0.05) is 29.3 Å². The summed E-state index contributed by atoms with van der Waals surface area (Å²) in [5.41, 5.74) is 3.56. The first-order valence-corrected chi connectivity index (χ1v) is 9.62. The van der Waals surface area contributed by atoms with Crippen molar-refractivity contribution in [2.45, 2.75) is 52.1 Å². The van der Waals surface area contributed by atoms with Gasteiger partial charge in [0.05, 0.1) is 0 Å². The summed E-state index contributed by atoms with van der Waals surface area (Å²) >= 11 is 0. The fourth-order valence-corrected chi connectivity index (χ4v) is 4.53. The molecule has 23 heavy (non-hydrogen) atoms. The Morgan fingerprint density at radius 3 is 2.35 bits per heavy atom. The minimum Gasteiger partial charge on any atom is -0.381 e. The number of ether oxygens (including phenoxy) is 1. The summed E-state index contributed by atoms with van der Waals surface area (Å²) in [5.74, 6) is 0. The van der Waals surface area contributed by atoms with E-state index in [1.54, 1.807) is 7.05 Å². The first-order valence-electron chi connectivity index (χ1n) is 8.18. The highest BCUT2D eigenvalue weighted by Gasteiger charge is 2.28. The monoisotopic (exact) mass is 340 g/mol. The van der Waals surface area contributed by atoms with E-state index in [1.807, 2.05) is 6.92 Å². The van der Waals surface area contributed by atoms with Crippen molar-refractivity contribution in [3.8, 4) is 0 Å². The fourth-order valence-electron chi connectivity index (χ4n) is 3.16. The van der Waals surface area contributed by atoms with Crippen LogP contribution in [-0.4, -0.2) is 45.1 Å². The second kappa shape index (κ2) is 7.75. The zero-order valence-corrected chi connectivity index (χ0v) is 15.3.